The quantitative estimate of drug-likeness (QED) is 0.832. The minimum Gasteiger partial charge on any atom is -0.393 e. The highest BCUT2D eigenvalue weighted by Gasteiger charge is 2.31. The molecule has 2 aromatic rings. The van der Waals surface area contributed by atoms with Gasteiger partial charge in [-0.15, -0.1) is 5.10 Å². The van der Waals surface area contributed by atoms with Gasteiger partial charge in [0.05, 0.1) is 11.7 Å². The Balaban J connectivity index is 1.73. The van der Waals surface area contributed by atoms with Crippen molar-refractivity contribution in [2.24, 2.45) is 0 Å². The number of aliphatic hydroxyl groups is 1. The molecule has 2 heterocycles. The molecule has 144 valence electrons. The standard InChI is InChI=1S/C18H19F3N4O2/c1-12-8-13(10-14(9-12)18(19,20)21)17-22-11-25(23-17)7-4-16(27)24-5-2-15(26)3-6-24/h4,7-11,15,26H,2-3,5-6H2,1H3. The number of hydrogen-bond acceptors (Lipinski definition) is 4. The topological polar surface area (TPSA) is 71.2 Å². The molecule has 1 amide bonds. The fraction of sp³-hybridized carbons (Fsp3) is 0.389. The first kappa shape index (κ1) is 19.1. The molecule has 0 bridgehead atoms. The van der Waals surface area contributed by atoms with Crippen molar-refractivity contribution < 1.29 is 23.1 Å². The first-order valence-corrected chi connectivity index (χ1v) is 8.48. The molecule has 1 N–H and O–H groups in total. The van der Waals surface area contributed by atoms with E-state index >= 15 is 0 Å². The van der Waals surface area contributed by atoms with E-state index in [4.69, 9.17) is 0 Å². The van der Waals surface area contributed by atoms with Gasteiger partial charge in [0.2, 0.25) is 5.91 Å². The summed E-state index contributed by atoms with van der Waals surface area (Å²) in [5.41, 5.74) is -0.0492. The number of aromatic nitrogens is 3. The van der Waals surface area contributed by atoms with E-state index in [1.165, 1.54) is 23.3 Å². The molecule has 6 nitrogen and oxygen atoms in total. The average Bonchev–Trinajstić information content (AvgIpc) is 3.08. The van der Waals surface area contributed by atoms with Crippen LogP contribution in [-0.4, -0.2) is 49.9 Å². The van der Waals surface area contributed by atoms with E-state index in [-0.39, 0.29) is 23.4 Å². The minimum atomic E-state index is -4.45. The summed E-state index contributed by atoms with van der Waals surface area (Å²) in [7, 11) is 0. The molecule has 1 aromatic carbocycles. The molecule has 0 spiro atoms. The maximum atomic E-state index is 13.0. The van der Waals surface area contributed by atoms with E-state index in [0.29, 0.717) is 31.5 Å². The maximum absolute atomic E-state index is 13.0. The van der Waals surface area contributed by atoms with Crippen molar-refractivity contribution in [1.29, 1.82) is 0 Å². The van der Waals surface area contributed by atoms with Crippen LogP contribution in [-0.2, 0) is 11.0 Å². The van der Waals surface area contributed by atoms with Crippen molar-refractivity contribution in [3.63, 3.8) is 0 Å². The number of aryl methyl sites for hydroxylation is 1. The van der Waals surface area contributed by atoms with Crippen molar-refractivity contribution in [2.45, 2.75) is 32.0 Å². The van der Waals surface area contributed by atoms with Gasteiger partial charge in [-0.2, -0.15) is 13.2 Å². The average molecular weight is 380 g/mol. The van der Waals surface area contributed by atoms with E-state index in [0.717, 1.165) is 12.1 Å². The molecule has 1 aliphatic heterocycles. The highest BCUT2D eigenvalue weighted by atomic mass is 19.4. The molecule has 3 rings (SSSR count). The van der Waals surface area contributed by atoms with Gasteiger partial charge in [0.25, 0.3) is 0 Å². The van der Waals surface area contributed by atoms with Crippen LogP contribution in [0.2, 0.25) is 0 Å². The van der Waals surface area contributed by atoms with Crippen molar-refractivity contribution in [2.75, 3.05) is 13.1 Å². The third-order valence-electron chi connectivity index (χ3n) is 4.32. The molecule has 0 atom stereocenters. The van der Waals surface area contributed by atoms with Gasteiger partial charge in [-0.25, -0.2) is 9.67 Å². The van der Waals surface area contributed by atoms with Crippen LogP contribution in [0.15, 0.2) is 30.6 Å². The second-order valence-corrected chi connectivity index (χ2v) is 6.51. The largest absolute Gasteiger partial charge is 0.416 e. The second-order valence-electron chi connectivity index (χ2n) is 6.51. The van der Waals surface area contributed by atoms with Crippen LogP contribution in [0.25, 0.3) is 17.6 Å². The van der Waals surface area contributed by atoms with Gasteiger partial charge >= 0.3 is 6.18 Å². The molecule has 9 heteroatoms. The molecule has 0 saturated carbocycles. The van der Waals surface area contributed by atoms with Gasteiger partial charge in [-0.3, -0.25) is 4.79 Å². The molecular weight excluding hydrogens is 361 g/mol. The second kappa shape index (κ2) is 7.51. The summed E-state index contributed by atoms with van der Waals surface area (Å²) in [5.74, 6) is -0.0729. The number of aliphatic hydroxyl groups excluding tert-OH is 1. The Morgan fingerprint density at radius 1 is 1.26 bits per heavy atom. The Kier molecular flexibility index (Phi) is 5.31. The fourth-order valence-corrected chi connectivity index (χ4v) is 2.89. The third-order valence-corrected chi connectivity index (χ3v) is 4.32. The lowest BCUT2D eigenvalue weighted by Crippen LogP contribution is -2.39. The van der Waals surface area contributed by atoms with Gasteiger partial charge in [0, 0.05) is 30.9 Å². The lowest BCUT2D eigenvalue weighted by molar-refractivity contribution is -0.137. The Morgan fingerprint density at radius 2 is 1.96 bits per heavy atom. The summed E-state index contributed by atoms with van der Waals surface area (Å²) in [6.45, 7) is 2.54. The van der Waals surface area contributed by atoms with Crippen LogP contribution >= 0.6 is 0 Å². The zero-order valence-corrected chi connectivity index (χ0v) is 14.6. The number of rotatable bonds is 3. The number of carbonyl (C=O) groups excluding carboxylic acids is 1. The van der Waals surface area contributed by atoms with E-state index < -0.39 is 11.7 Å². The Hall–Kier alpha value is -2.68. The molecule has 1 fully saturated rings. The van der Waals surface area contributed by atoms with Gasteiger partial charge in [0.1, 0.15) is 6.33 Å². The van der Waals surface area contributed by atoms with Crippen molar-refractivity contribution in [3.05, 3.63) is 41.7 Å². The van der Waals surface area contributed by atoms with E-state index in [1.807, 2.05) is 0 Å². The normalized spacial score (nSPS) is 16.3. The lowest BCUT2D eigenvalue weighted by Gasteiger charge is -2.28. The van der Waals surface area contributed by atoms with Crippen molar-refractivity contribution in [3.8, 4) is 11.4 Å². The summed E-state index contributed by atoms with van der Waals surface area (Å²) in [5, 5.41) is 13.6. The molecule has 1 aliphatic rings. The summed E-state index contributed by atoms with van der Waals surface area (Å²) in [6, 6.07) is 3.64. The molecule has 0 radical (unpaired) electrons. The number of amides is 1. The number of nitrogens with zero attached hydrogens (tertiary/aromatic N) is 4. The predicted octanol–water partition coefficient (Wildman–Crippen LogP) is 2.73. The molecule has 1 saturated heterocycles. The highest BCUT2D eigenvalue weighted by Crippen LogP contribution is 2.32. The summed E-state index contributed by atoms with van der Waals surface area (Å²) in [4.78, 5) is 17.8. The molecule has 0 unspecified atom stereocenters. The third kappa shape index (κ3) is 4.73. The number of alkyl halides is 3. The van der Waals surface area contributed by atoms with Crippen LogP contribution < -0.4 is 0 Å². The van der Waals surface area contributed by atoms with Crippen LogP contribution in [0, 0.1) is 6.92 Å². The fourth-order valence-electron chi connectivity index (χ4n) is 2.89. The van der Waals surface area contributed by atoms with Crippen LogP contribution in [0.5, 0.6) is 0 Å². The number of hydrogen-bond donors (Lipinski definition) is 1. The van der Waals surface area contributed by atoms with Crippen LogP contribution in [0.4, 0.5) is 13.2 Å². The first-order chi connectivity index (χ1) is 12.7. The molecule has 1 aromatic heterocycles. The van der Waals surface area contributed by atoms with Crippen molar-refractivity contribution in [1.82, 2.24) is 19.7 Å². The van der Waals surface area contributed by atoms with Gasteiger partial charge in [-0.05, 0) is 43.5 Å². The van der Waals surface area contributed by atoms with Gasteiger partial charge < -0.3 is 10.0 Å². The predicted molar refractivity (Wildman–Crippen MR) is 92.3 cm³/mol. The lowest BCUT2D eigenvalue weighted by atomic mass is 10.1. The van der Waals surface area contributed by atoms with Crippen LogP contribution in [0.1, 0.15) is 24.0 Å². The molecular formula is C18H19F3N4O2. The van der Waals surface area contributed by atoms with Crippen molar-refractivity contribution >= 4 is 12.1 Å². The number of halogens is 3. The zero-order valence-electron chi connectivity index (χ0n) is 14.6. The monoisotopic (exact) mass is 380 g/mol. The number of piperidine rings is 1. The molecule has 0 aliphatic carbocycles. The molecule has 27 heavy (non-hydrogen) atoms. The Morgan fingerprint density at radius 3 is 2.63 bits per heavy atom. The Labute approximate surface area is 153 Å². The highest BCUT2D eigenvalue weighted by molar-refractivity contribution is 5.90. The van der Waals surface area contributed by atoms with Gasteiger partial charge in [-0.1, -0.05) is 0 Å². The van der Waals surface area contributed by atoms with Gasteiger partial charge in [0.15, 0.2) is 5.82 Å². The number of likely N-dealkylation sites (tertiary alicyclic amines) is 1. The smallest absolute Gasteiger partial charge is 0.393 e. The zero-order chi connectivity index (χ0) is 19.6. The number of benzene rings is 1. The maximum Gasteiger partial charge on any atom is 0.416 e. The SMILES string of the molecule is Cc1cc(-c2ncn(C=CC(=O)N3CCC(O)CC3)n2)cc(C(F)(F)F)c1. The summed E-state index contributed by atoms with van der Waals surface area (Å²) < 4.78 is 40.2. The van der Waals surface area contributed by atoms with E-state index in [1.54, 1.807) is 17.9 Å². The van der Waals surface area contributed by atoms with E-state index in [9.17, 15) is 23.1 Å². The summed E-state index contributed by atoms with van der Waals surface area (Å²) in [6.07, 6.45) is 0.334. The Bertz CT molecular complexity index is 853. The van der Waals surface area contributed by atoms with Crippen LogP contribution in [0.3, 0.4) is 0 Å². The minimum absolute atomic E-state index is 0.141. The van der Waals surface area contributed by atoms with E-state index in [2.05, 4.69) is 10.1 Å². The first-order valence-electron chi connectivity index (χ1n) is 8.48. The number of carbonyl (C=O) groups is 1. The summed E-state index contributed by atoms with van der Waals surface area (Å²) >= 11 is 0.